The fraction of sp³-hybridized carbons (Fsp3) is 0.571. The van der Waals surface area contributed by atoms with E-state index in [0.717, 1.165) is 38.4 Å². The lowest BCUT2D eigenvalue weighted by atomic mass is 10.3. The summed E-state index contributed by atoms with van der Waals surface area (Å²) in [6, 6.07) is 10.5. The molecule has 1 atom stereocenters. The van der Waals surface area contributed by atoms with Gasteiger partial charge in [-0.05, 0) is 38.6 Å². The molecule has 0 amide bonds. The standard InChI is InChI=1S/C14H24N2O/c1-3-15-12-13(2)16-10-7-11-17-14-8-5-4-6-9-14/h4-6,8-9,13,15-16H,3,7,10-12H2,1-2H3. The lowest BCUT2D eigenvalue weighted by molar-refractivity contribution is 0.305. The summed E-state index contributed by atoms with van der Waals surface area (Å²) >= 11 is 0. The third-order valence-corrected chi connectivity index (χ3v) is 2.53. The normalized spacial score (nSPS) is 12.4. The molecule has 3 nitrogen and oxygen atoms in total. The number of nitrogens with one attached hydrogen (secondary N) is 2. The van der Waals surface area contributed by atoms with Crippen LogP contribution in [-0.2, 0) is 0 Å². The maximum atomic E-state index is 5.61. The van der Waals surface area contributed by atoms with Crippen LogP contribution in [0.25, 0.3) is 0 Å². The molecule has 0 saturated heterocycles. The first kappa shape index (κ1) is 14.0. The maximum Gasteiger partial charge on any atom is 0.119 e. The van der Waals surface area contributed by atoms with Crippen molar-refractivity contribution in [3.05, 3.63) is 30.3 Å². The molecule has 0 aliphatic rings. The van der Waals surface area contributed by atoms with Gasteiger partial charge in [0, 0.05) is 12.6 Å². The summed E-state index contributed by atoms with van der Waals surface area (Å²) in [6.07, 6.45) is 1.03. The second-order valence-electron chi connectivity index (χ2n) is 4.18. The number of hydrogen-bond donors (Lipinski definition) is 2. The van der Waals surface area contributed by atoms with E-state index in [9.17, 15) is 0 Å². The smallest absolute Gasteiger partial charge is 0.119 e. The molecule has 17 heavy (non-hydrogen) atoms. The molecular weight excluding hydrogens is 212 g/mol. The van der Waals surface area contributed by atoms with E-state index in [2.05, 4.69) is 24.5 Å². The molecule has 96 valence electrons. The highest BCUT2D eigenvalue weighted by molar-refractivity contribution is 5.20. The van der Waals surface area contributed by atoms with Crippen LogP contribution in [0.3, 0.4) is 0 Å². The Labute approximate surface area is 105 Å². The minimum Gasteiger partial charge on any atom is -0.494 e. The average Bonchev–Trinajstić information content (AvgIpc) is 2.37. The molecule has 0 aliphatic carbocycles. The highest BCUT2D eigenvalue weighted by atomic mass is 16.5. The highest BCUT2D eigenvalue weighted by Crippen LogP contribution is 2.07. The largest absolute Gasteiger partial charge is 0.494 e. The van der Waals surface area contributed by atoms with Crippen LogP contribution in [0.15, 0.2) is 30.3 Å². The first-order valence-corrected chi connectivity index (χ1v) is 6.45. The molecule has 1 aromatic carbocycles. The van der Waals surface area contributed by atoms with Crippen molar-refractivity contribution in [1.29, 1.82) is 0 Å². The van der Waals surface area contributed by atoms with Gasteiger partial charge in [0.15, 0.2) is 0 Å². The van der Waals surface area contributed by atoms with Crippen LogP contribution in [-0.4, -0.2) is 32.3 Å². The molecular formula is C14H24N2O. The lowest BCUT2D eigenvalue weighted by Gasteiger charge is -2.14. The van der Waals surface area contributed by atoms with Crippen molar-refractivity contribution >= 4 is 0 Å². The summed E-state index contributed by atoms with van der Waals surface area (Å²) in [5.74, 6) is 0.952. The molecule has 0 radical (unpaired) electrons. The van der Waals surface area contributed by atoms with E-state index in [1.807, 2.05) is 30.3 Å². The Hall–Kier alpha value is -1.06. The van der Waals surface area contributed by atoms with Crippen LogP contribution in [0.4, 0.5) is 0 Å². The van der Waals surface area contributed by atoms with E-state index < -0.39 is 0 Å². The van der Waals surface area contributed by atoms with Gasteiger partial charge in [0.2, 0.25) is 0 Å². The van der Waals surface area contributed by atoms with Gasteiger partial charge >= 0.3 is 0 Å². The van der Waals surface area contributed by atoms with Gasteiger partial charge in [-0.3, -0.25) is 0 Å². The first-order valence-electron chi connectivity index (χ1n) is 6.45. The van der Waals surface area contributed by atoms with E-state index in [0.29, 0.717) is 6.04 Å². The van der Waals surface area contributed by atoms with Crippen LogP contribution in [0.2, 0.25) is 0 Å². The average molecular weight is 236 g/mol. The Morgan fingerprint density at radius 3 is 2.71 bits per heavy atom. The number of likely N-dealkylation sites (N-methyl/N-ethyl adjacent to an activating group) is 1. The molecule has 0 saturated carbocycles. The summed E-state index contributed by atoms with van der Waals surface area (Å²) in [5.41, 5.74) is 0. The number of benzene rings is 1. The Bertz CT molecular complexity index is 277. The van der Waals surface area contributed by atoms with Gasteiger partial charge in [-0.25, -0.2) is 0 Å². The summed E-state index contributed by atoms with van der Waals surface area (Å²) in [6.45, 7) is 8.14. The highest BCUT2D eigenvalue weighted by Gasteiger charge is 1.98. The molecule has 0 spiro atoms. The van der Waals surface area contributed by atoms with Gasteiger partial charge in [-0.1, -0.05) is 25.1 Å². The van der Waals surface area contributed by atoms with Gasteiger partial charge in [-0.15, -0.1) is 0 Å². The summed E-state index contributed by atoms with van der Waals surface area (Å²) in [4.78, 5) is 0. The first-order chi connectivity index (χ1) is 8.33. The summed E-state index contributed by atoms with van der Waals surface area (Å²) < 4.78 is 5.61. The molecule has 0 aromatic heterocycles. The molecule has 2 N–H and O–H groups in total. The van der Waals surface area contributed by atoms with Crippen molar-refractivity contribution < 1.29 is 4.74 Å². The van der Waals surface area contributed by atoms with E-state index in [4.69, 9.17) is 4.74 Å². The Morgan fingerprint density at radius 2 is 2.00 bits per heavy atom. The zero-order valence-electron chi connectivity index (χ0n) is 10.9. The topological polar surface area (TPSA) is 33.3 Å². The number of para-hydroxylation sites is 1. The Kier molecular flexibility index (Phi) is 7.43. The molecule has 0 fully saturated rings. The van der Waals surface area contributed by atoms with Crippen molar-refractivity contribution in [3.63, 3.8) is 0 Å². The third-order valence-electron chi connectivity index (χ3n) is 2.53. The van der Waals surface area contributed by atoms with Crippen molar-refractivity contribution in [2.24, 2.45) is 0 Å². The second kappa shape index (κ2) is 9.02. The molecule has 0 bridgehead atoms. The Morgan fingerprint density at radius 1 is 1.24 bits per heavy atom. The monoisotopic (exact) mass is 236 g/mol. The fourth-order valence-corrected chi connectivity index (χ4v) is 1.56. The number of hydrogen-bond acceptors (Lipinski definition) is 3. The molecule has 1 rings (SSSR count). The molecule has 3 heteroatoms. The third kappa shape index (κ3) is 6.97. The number of ether oxygens (including phenoxy) is 1. The van der Waals surface area contributed by atoms with Gasteiger partial charge in [0.25, 0.3) is 0 Å². The van der Waals surface area contributed by atoms with Crippen LogP contribution >= 0.6 is 0 Å². The van der Waals surface area contributed by atoms with Crippen LogP contribution < -0.4 is 15.4 Å². The minimum atomic E-state index is 0.520. The van der Waals surface area contributed by atoms with Crippen LogP contribution in [0, 0.1) is 0 Å². The fourth-order valence-electron chi connectivity index (χ4n) is 1.56. The van der Waals surface area contributed by atoms with E-state index in [-0.39, 0.29) is 0 Å². The zero-order chi connectivity index (χ0) is 12.3. The molecule has 1 unspecified atom stereocenters. The predicted molar refractivity (Wildman–Crippen MR) is 72.6 cm³/mol. The van der Waals surface area contributed by atoms with Crippen molar-refractivity contribution in [2.45, 2.75) is 26.3 Å². The number of rotatable bonds is 9. The second-order valence-corrected chi connectivity index (χ2v) is 4.18. The zero-order valence-corrected chi connectivity index (χ0v) is 10.9. The molecule has 0 heterocycles. The van der Waals surface area contributed by atoms with Crippen LogP contribution in [0.1, 0.15) is 20.3 Å². The molecule has 1 aromatic rings. The van der Waals surface area contributed by atoms with Gasteiger partial charge < -0.3 is 15.4 Å². The van der Waals surface area contributed by atoms with E-state index in [1.165, 1.54) is 0 Å². The Balaban J connectivity index is 1.97. The SMILES string of the molecule is CCNCC(C)NCCCOc1ccccc1. The van der Waals surface area contributed by atoms with Crippen molar-refractivity contribution in [3.8, 4) is 5.75 Å². The van der Waals surface area contributed by atoms with E-state index >= 15 is 0 Å². The summed E-state index contributed by atoms with van der Waals surface area (Å²) in [7, 11) is 0. The quantitative estimate of drug-likeness (QED) is 0.644. The lowest BCUT2D eigenvalue weighted by Crippen LogP contribution is -2.37. The van der Waals surface area contributed by atoms with Gasteiger partial charge in [0.1, 0.15) is 5.75 Å². The predicted octanol–water partition coefficient (Wildman–Crippen LogP) is 2.04. The van der Waals surface area contributed by atoms with Crippen molar-refractivity contribution in [1.82, 2.24) is 10.6 Å². The van der Waals surface area contributed by atoms with Crippen molar-refractivity contribution in [2.75, 3.05) is 26.2 Å². The minimum absolute atomic E-state index is 0.520. The van der Waals surface area contributed by atoms with Gasteiger partial charge in [-0.2, -0.15) is 0 Å². The van der Waals surface area contributed by atoms with E-state index in [1.54, 1.807) is 0 Å². The summed E-state index contributed by atoms with van der Waals surface area (Å²) in [5, 5.41) is 6.78. The molecule has 0 aliphatic heterocycles. The van der Waals surface area contributed by atoms with Crippen LogP contribution in [0.5, 0.6) is 5.75 Å². The maximum absolute atomic E-state index is 5.61. The van der Waals surface area contributed by atoms with Gasteiger partial charge in [0.05, 0.1) is 6.61 Å².